The molecule has 1 aromatic carbocycles. The lowest BCUT2D eigenvalue weighted by Gasteiger charge is -2.07. The van der Waals surface area contributed by atoms with Gasteiger partial charge in [0.15, 0.2) is 5.13 Å². The SMILES string of the molecule is CNc1nc(-c2ccccc2-c2ccc(Cl)nc2)cs1. The van der Waals surface area contributed by atoms with Gasteiger partial charge in [-0.2, -0.15) is 0 Å². The van der Waals surface area contributed by atoms with Gasteiger partial charge >= 0.3 is 0 Å². The number of nitrogens with zero attached hydrogens (tertiary/aromatic N) is 2. The quantitative estimate of drug-likeness (QED) is 0.720. The molecule has 0 aliphatic heterocycles. The summed E-state index contributed by atoms with van der Waals surface area (Å²) in [7, 11) is 1.87. The van der Waals surface area contributed by atoms with Gasteiger partial charge in [-0.05, 0) is 17.7 Å². The number of nitrogens with one attached hydrogen (secondary N) is 1. The number of halogens is 1. The molecule has 3 nitrogen and oxygen atoms in total. The van der Waals surface area contributed by atoms with Crippen LogP contribution in [0.1, 0.15) is 0 Å². The second kappa shape index (κ2) is 5.61. The van der Waals surface area contributed by atoms with Crippen molar-refractivity contribution in [3.05, 3.63) is 53.1 Å². The fourth-order valence-electron chi connectivity index (χ4n) is 2.01. The number of benzene rings is 1. The number of anilines is 1. The Kier molecular flexibility index (Phi) is 3.67. The van der Waals surface area contributed by atoms with Crippen molar-refractivity contribution in [1.82, 2.24) is 9.97 Å². The number of hydrogen-bond donors (Lipinski definition) is 1. The van der Waals surface area contributed by atoms with Gasteiger partial charge < -0.3 is 5.32 Å². The fraction of sp³-hybridized carbons (Fsp3) is 0.0667. The van der Waals surface area contributed by atoms with Gasteiger partial charge in [0, 0.05) is 29.8 Å². The Labute approximate surface area is 126 Å². The Morgan fingerprint density at radius 1 is 1.10 bits per heavy atom. The lowest BCUT2D eigenvalue weighted by Crippen LogP contribution is -1.88. The molecule has 0 saturated carbocycles. The van der Waals surface area contributed by atoms with Gasteiger partial charge in [-0.1, -0.05) is 35.9 Å². The molecule has 0 spiro atoms. The summed E-state index contributed by atoms with van der Waals surface area (Å²) in [4.78, 5) is 8.71. The highest BCUT2D eigenvalue weighted by molar-refractivity contribution is 7.14. The minimum atomic E-state index is 0.498. The molecule has 0 saturated heterocycles. The minimum absolute atomic E-state index is 0.498. The Morgan fingerprint density at radius 3 is 2.55 bits per heavy atom. The molecule has 0 unspecified atom stereocenters. The number of aromatic nitrogens is 2. The number of hydrogen-bond acceptors (Lipinski definition) is 4. The Balaban J connectivity index is 2.10. The van der Waals surface area contributed by atoms with Crippen LogP contribution in [0, 0.1) is 0 Å². The lowest BCUT2D eigenvalue weighted by atomic mass is 9.99. The van der Waals surface area contributed by atoms with E-state index in [1.54, 1.807) is 23.6 Å². The first-order valence-corrected chi connectivity index (χ1v) is 7.38. The zero-order valence-electron chi connectivity index (χ0n) is 10.8. The zero-order valence-corrected chi connectivity index (χ0v) is 12.4. The maximum absolute atomic E-state index is 5.85. The average molecular weight is 302 g/mol. The largest absolute Gasteiger partial charge is 0.365 e. The first-order chi connectivity index (χ1) is 9.78. The van der Waals surface area contributed by atoms with E-state index in [-0.39, 0.29) is 0 Å². The third-order valence-electron chi connectivity index (χ3n) is 2.96. The van der Waals surface area contributed by atoms with Crippen LogP contribution < -0.4 is 5.32 Å². The summed E-state index contributed by atoms with van der Waals surface area (Å²) in [5.41, 5.74) is 4.19. The van der Waals surface area contributed by atoms with Crippen LogP contribution in [0.5, 0.6) is 0 Å². The summed E-state index contributed by atoms with van der Waals surface area (Å²) in [6.45, 7) is 0. The molecule has 0 aliphatic rings. The van der Waals surface area contributed by atoms with E-state index in [4.69, 9.17) is 11.6 Å². The summed E-state index contributed by atoms with van der Waals surface area (Å²) in [6, 6.07) is 11.9. The Bertz CT molecular complexity index is 722. The maximum atomic E-state index is 5.85. The summed E-state index contributed by atoms with van der Waals surface area (Å²) >= 11 is 7.44. The normalized spacial score (nSPS) is 10.5. The van der Waals surface area contributed by atoms with Crippen molar-refractivity contribution in [2.45, 2.75) is 0 Å². The van der Waals surface area contributed by atoms with Crippen LogP contribution in [0.25, 0.3) is 22.4 Å². The standard InChI is InChI=1S/C15H12ClN3S/c1-17-15-19-13(9-20-15)12-5-3-2-4-11(12)10-6-7-14(16)18-8-10/h2-9H,1H3,(H,17,19). The zero-order chi connectivity index (χ0) is 13.9. The molecule has 0 radical (unpaired) electrons. The molecule has 0 fully saturated rings. The lowest BCUT2D eigenvalue weighted by molar-refractivity contribution is 1.32. The molecule has 0 amide bonds. The highest BCUT2D eigenvalue weighted by Crippen LogP contribution is 2.33. The first-order valence-electron chi connectivity index (χ1n) is 6.12. The summed E-state index contributed by atoms with van der Waals surface area (Å²) in [5, 5.41) is 6.52. The number of rotatable bonds is 3. The van der Waals surface area contributed by atoms with Gasteiger partial charge in [0.25, 0.3) is 0 Å². The van der Waals surface area contributed by atoms with E-state index in [0.29, 0.717) is 5.15 Å². The third-order valence-corrected chi connectivity index (χ3v) is 4.04. The molecule has 0 atom stereocenters. The van der Waals surface area contributed by atoms with Gasteiger partial charge in [0.1, 0.15) is 5.15 Å². The van der Waals surface area contributed by atoms with Crippen LogP contribution in [-0.2, 0) is 0 Å². The summed E-state index contributed by atoms with van der Waals surface area (Å²) in [6.07, 6.45) is 1.78. The molecule has 2 aromatic heterocycles. The Morgan fingerprint density at radius 2 is 1.90 bits per heavy atom. The van der Waals surface area contributed by atoms with Gasteiger partial charge in [0.2, 0.25) is 0 Å². The summed E-state index contributed by atoms with van der Waals surface area (Å²) in [5.74, 6) is 0. The van der Waals surface area contributed by atoms with Crippen LogP contribution in [0.3, 0.4) is 0 Å². The molecule has 2 heterocycles. The molecule has 1 N–H and O–H groups in total. The molecular formula is C15H12ClN3S. The van der Waals surface area contributed by atoms with E-state index in [1.807, 2.05) is 30.6 Å². The van der Waals surface area contributed by atoms with E-state index in [9.17, 15) is 0 Å². The molecule has 0 bridgehead atoms. The molecule has 5 heteroatoms. The average Bonchev–Trinajstić information content (AvgIpc) is 2.97. The van der Waals surface area contributed by atoms with E-state index in [2.05, 4.69) is 27.4 Å². The number of thiazole rings is 1. The Hall–Kier alpha value is -1.91. The minimum Gasteiger partial charge on any atom is -0.365 e. The van der Waals surface area contributed by atoms with Crippen molar-refractivity contribution in [1.29, 1.82) is 0 Å². The van der Waals surface area contributed by atoms with Gasteiger partial charge in [0.05, 0.1) is 5.69 Å². The molecule has 3 aromatic rings. The molecule has 20 heavy (non-hydrogen) atoms. The highest BCUT2D eigenvalue weighted by atomic mass is 35.5. The monoisotopic (exact) mass is 301 g/mol. The van der Waals surface area contributed by atoms with Crippen LogP contribution >= 0.6 is 22.9 Å². The van der Waals surface area contributed by atoms with Crippen LogP contribution in [0.2, 0.25) is 5.15 Å². The smallest absolute Gasteiger partial charge is 0.182 e. The fourth-order valence-corrected chi connectivity index (χ4v) is 2.79. The van der Waals surface area contributed by atoms with Crippen molar-refractivity contribution in [3.63, 3.8) is 0 Å². The van der Waals surface area contributed by atoms with E-state index in [0.717, 1.165) is 27.5 Å². The molecular weight excluding hydrogens is 290 g/mol. The van der Waals surface area contributed by atoms with E-state index in [1.165, 1.54) is 0 Å². The molecule has 3 rings (SSSR count). The molecule has 100 valence electrons. The highest BCUT2D eigenvalue weighted by Gasteiger charge is 2.10. The van der Waals surface area contributed by atoms with Crippen LogP contribution in [0.15, 0.2) is 48.0 Å². The second-order valence-electron chi connectivity index (χ2n) is 4.20. The van der Waals surface area contributed by atoms with Crippen LogP contribution in [0.4, 0.5) is 5.13 Å². The molecule has 0 aliphatic carbocycles. The third kappa shape index (κ3) is 2.53. The van der Waals surface area contributed by atoms with Gasteiger partial charge in [-0.25, -0.2) is 9.97 Å². The second-order valence-corrected chi connectivity index (χ2v) is 5.45. The van der Waals surface area contributed by atoms with Crippen molar-refractivity contribution >= 4 is 28.1 Å². The van der Waals surface area contributed by atoms with E-state index >= 15 is 0 Å². The van der Waals surface area contributed by atoms with Crippen molar-refractivity contribution < 1.29 is 0 Å². The first kappa shape index (κ1) is 13.1. The van der Waals surface area contributed by atoms with E-state index < -0.39 is 0 Å². The maximum Gasteiger partial charge on any atom is 0.182 e. The topological polar surface area (TPSA) is 37.8 Å². The number of pyridine rings is 1. The van der Waals surface area contributed by atoms with Gasteiger partial charge in [-0.3, -0.25) is 0 Å². The predicted molar refractivity (Wildman–Crippen MR) is 85.3 cm³/mol. The van der Waals surface area contributed by atoms with Crippen molar-refractivity contribution in [2.75, 3.05) is 12.4 Å². The summed E-state index contributed by atoms with van der Waals surface area (Å²) < 4.78 is 0. The van der Waals surface area contributed by atoms with Gasteiger partial charge in [-0.15, -0.1) is 11.3 Å². The van der Waals surface area contributed by atoms with Crippen LogP contribution in [-0.4, -0.2) is 17.0 Å². The van der Waals surface area contributed by atoms with Crippen molar-refractivity contribution in [3.8, 4) is 22.4 Å². The predicted octanol–water partition coefficient (Wildman–Crippen LogP) is 4.57. The van der Waals surface area contributed by atoms with Crippen molar-refractivity contribution in [2.24, 2.45) is 0 Å².